The molecule has 0 saturated carbocycles. The van der Waals surface area contributed by atoms with E-state index in [0.29, 0.717) is 32.4 Å². The first-order chi connectivity index (χ1) is 24.9. The van der Waals surface area contributed by atoms with Gasteiger partial charge in [0.1, 0.15) is 13.7 Å². The van der Waals surface area contributed by atoms with Crippen molar-refractivity contribution >= 4 is 44.7 Å². The van der Waals surface area contributed by atoms with Gasteiger partial charge in [-0.1, -0.05) is 170 Å². The Kier molecular flexibility index (Phi) is 38.3. The lowest BCUT2D eigenvalue weighted by atomic mass is 10.0. The van der Waals surface area contributed by atoms with Gasteiger partial charge < -0.3 is 19.1 Å². The molecule has 0 rings (SSSR count). The summed E-state index contributed by atoms with van der Waals surface area (Å²) in [6.07, 6.45) is 32.5. The highest BCUT2D eigenvalue weighted by Gasteiger charge is 2.22. The Balaban J connectivity index is 4.86. The molecule has 2 amide bonds. The van der Waals surface area contributed by atoms with E-state index in [2.05, 4.69) is 26.1 Å². The van der Waals surface area contributed by atoms with Crippen LogP contribution in [0.2, 0.25) is 0 Å². The highest BCUT2D eigenvalue weighted by molar-refractivity contribution is 8.53. The molecule has 0 aromatic heterocycles. The second kappa shape index (κ2) is 38.9. The van der Waals surface area contributed by atoms with E-state index in [0.717, 1.165) is 44.9 Å². The van der Waals surface area contributed by atoms with Crippen molar-refractivity contribution in [1.29, 1.82) is 0 Å². The third-order valence-corrected chi connectivity index (χ3v) is 10.8. The third kappa shape index (κ3) is 34.7. The second-order valence-electron chi connectivity index (χ2n) is 14.7. The van der Waals surface area contributed by atoms with Crippen LogP contribution in [0.5, 0.6) is 0 Å². The Morgan fingerprint density at radius 3 is 1.57 bits per heavy atom. The smallest absolute Gasteiger partial charge is 0.306 e. The average Bonchev–Trinajstić information content (AvgIpc) is 3.11. The van der Waals surface area contributed by atoms with E-state index in [1.54, 1.807) is 11.8 Å². The minimum atomic E-state index is -0.334. The highest BCUT2D eigenvalue weighted by Crippen LogP contribution is 2.24. The Morgan fingerprint density at radius 1 is 0.647 bits per heavy atom. The zero-order chi connectivity index (χ0) is 37.6. The number of hydrogen-bond acceptors (Lipinski definition) is 6. The number of rotatable bonds is 39. The summed E-state index contributed by atoms with van der Waals surface area (Å²) < 4.78 is 11.7. The van der Waals surface area contributed by atoms with E-state index >= 15 is 0 Å². The van der Waals surface area contributed by atoms with Crippen molar-refractivity contribution in [3.05, 3.63) is 0 Å². The fourth-order valence-corrected chi connectivity index (χ4v) is 7.25. The number of unbranched alkanes of at least 4 members (excludes halogenated alkanes) is 22. The van der Waals surface area contributed by atoms with Crippen LogP contribution >= 0.6 is 19.3 Å². The first-order valence-electron chi connectivity index (χ1n) is 21.4. The molecule has 298 valence electrons. The number of amides is 2. The first-order valence-corrected chi connectivity index (χ1v) is 23.9. The van der Waals surface area contributed by atoms with Crippen LogP contribution < -0.4 is 5.32 Å². The monoisotopic (exact) mass is 755 g/mol. The summed E-state index contributed by atoms with van der Waals surface area (Å²) in [4.78, 5) is 40.3. The van der Waals surface area contributed by atoms with Gasteiger partial charge in [0, 0.05) is 50.9 Å². The quantitative estimate of drug-likeness (QED) is 0.0221. The molecule has 2 radical (unpaired) electrons. The van der Waals surface area contributed by atoms with Gasteiger partial charge in [0.25, 0.3) is 0 Å². The Labute approximate surface area is 322 Å². The van der Waals surface area contributed by atoms with Crippen LogP contribution in [-0.4, -0.2) is 62.1 Å². The molecule has 0 aromatic rings. The molecule has 0 aliphatic heterocycles. The molecular weight excluding hydrogens is 674 g/mol. The van der Waals surface area contributed by atoms with Crippen molar-refractivity contribution in [2.24, 2.45) is 0 Å². The van der Waals surface area contributed by atoms with Gasteiger partial charge in [-0.3, -0.25) is 14.4 Å². The van der Waals surface area contributed by atoms with E-state index in [4.69, 9.17) is 16.5 Å². The summed E-state index contributed by atoms with van der Waals surface area (Å²) in [5, 5.41) is 3.13. The maximum atomic E-state index is 12.9. The number of carbonyl (C=O) groups is 3. The van der Waals surface area contributed by atoms with E-state index < -0.39 is 0 Å². The van der Waals surface area contributed by atoms with Crippen molar-refractivity contribution in [2.45, 2.75) is 226 Å². The minimum absolute atomic E-state index is 0.00129. The maximum Gasteiger partial charge on any atom is 0.306 e. The summed E-state index contributed by atoms with van der Waals surface area (Å²) in [6, 6.07) is -0.334. The molecule has 1 N–H and O–H groups in total. The number of hydrogen-bond donors (Lipinski definition) is 1. The predicted octanol–water partition coefficient (Wildman–Crippen LogP) is 11.9. The van der Waals surface area contributed by atoms with Crippen LogP contribution in [-0.2, 0) is 23.3 Å². The van der Waals surface area contributed by atoms with Crippen LogP contribution in [0.4, 0.5) is 0 Å². The van der Waals surface area contributed by atoms with Crippen molar-refractivity contribution in [2.75, 3.05) is 19.7 Å². The van der Waals surface area contributed by atoms with Gasteiger partial charge in [-0.2, -0.15) is 0 Å². The molecule has 0 heterocycles. The predicted molar refractivity (Wildman–Crippen MR) is 223 cm³/mol. The lowest BCUT2D eigenvalue weighted by molar-refractivity contribution is -0.150. The number of ether oxygens (including phenoxy) is 1. The molecule has 3 unspecified atom stereocenters. The topological polar surface area (TPSA) is 84.9 Å². The van der Waals surface area contributed by atoms with E-state index in [1.807, 2.05) is 0 Å². The summed E-state index contributed by atoms with van der Waals surface area (Å²) in [7, 11) is 5.74. The van der Waals surface area contributed by atoms with Gasteiger partial charge in [-0.05, 0) is 25.7 Å². The normalized spacial score (nSPS) is 12.7. The molecular formula is C41H80BN2O5PS. The van der Waals surface area contributed by atoms with Gasteiger partial charge in [0.15, 0.2) is 0 Å². The molecule has 0 aliphatic rings. The van der Waals surface area contributed by atoms with Gasteiger partial charge in [-0.15, -0.1) is 0 Å². The molecule has 0 saturated heterocycles. The summed E-state index contributed by atoms with van der Waals surface area (Å²) >= 11 is 1.18. The Bertz CT molecular complexity index is 812. The second-order valence-corrected chi connectivity index (χ2v) is 16.5. The average molecular weight is 755 g/mol. The number of nitrogens with one attached hydrogen (secondary N) is 1. The maximum absolute atomic E-state index is 12.9. The molecule has 10 heteroatoms. The first kappa shape index (κ1) is 50.2. The summed E-state index contributed by atoms with van der Waals surface area (Å²) in [5.41, 5.74) is 0. The van der Waals surface area contributed by atoms with Crippen molar-refractivity contribution in [3.8, 4) is 0 Å². The van der Waals surface area contributed by atoms with Crippen molar-refractivity contribution in [3.63, 3.8) is 0 Å². The Hall–Kier alpha value is -0.785. The van der Waals surface area contributed by atoms with Crippen LogP contribution in [0.15, 0.2) is 0 Å². The van der Waals surface area contributed by atoms with E-state index in [9.17, 15) is 14.4 Å². The fraction of sp³-hybridized carbons (Fsp3) is 0.927. The van der Waals surface area contributed by atoms with E-state index in [1.165, 1.54) is 134 Å². The SMILES string of the molecule is [B]PSOCC(CN(CCC(CCCCCCC)OC(=O)CCCCCCCCCCC)C(C)=O)NC(=O)CCCCCCCCCCCCC. The molecule has 0 fully saturated rings. The number of nitrogens with zero attached hydrogens (tertiary/aromatic N) is 1. The van der Waals surface area contributed by atoms with Crippen LogP contribution in [0.3, 0.4) is 0 Å². The van der Waals surface area contributed by atoms with E-state index in [-0.39, 0.29) is 44.2 Å². The largest absolute Gasteiger partial charge is 0.462 e. The fourth-order valence-electron chi connectivity index (χ4n) is 6.55. The van der Waals surface area contributed by atoms with Crippen molar-refractivity contribution in [1.82, 2.24) is 10.2 Å². The molecule has 7 nitrogen and oxygen atoms in total. The molecule has 0 spiro atoms. The molecule has 51 heavy (non-hydrogen) atoms. The standard InChI is InChI=1S/C41H80BN2O5PS/c1-5-8-11-14-16-18-19-21-22-25-28-31-40(46)43-38(36-48-51-50-42)35-44(37(4)45)34-33-39(30-27-24-13-10-7-3)49-41(47)32-29-26-23-20-17-15-12-9-6-2/h38-39,50H,5-36H2,1-4H3,(H,43,46). The zero-order valence-electron chi connectivity index (χ0n) is 33.8. The van der Waals surface area contributed by atoms with Crippen LogP contribution in [0, 0.1) is 0 Å². The number of carbonyl (C=O) groups excluding carboxylic acids is 3. The molecule has 0 aliphatic carbocycles. The molecule has 0 aromatic carbocycles. The van der Waals surface area contributed by atoms with Gasteiger partial charge in [0.05, 0.1) is 12.6 Å². The van der Waals surface area contributed by atoms with Crippen LogP contribution in [0.25, 0.3) is 0 Å². The zero-order valence-corrected chi connectivity index (χ0v) is 35.6. The van der Waals surface area contributed by atoms with Gasteiger partial charge in [-0.25, -0.2) is 0 Å². The number of esters is 1. The Morgan fingerprint density at radius 2 is 1.10 bits per heavy atom. The van der Waals surface area contributed by atoms with Crippen LogP contribution in [0.1, 0.15) is 214 Å². The summed E-state index contributed by atoms with van der Waals surface area (Å²) in [5.74, 6) is -0.180. The lowest BCUT2D eigenvalue weighted by Crippen LogP contribution is -2.48. The highest BCUT2D eigenvalue weighted by atomic mass is 32.7. The molecule has 3 atom stereocenters. The molecule has 0 bridgehead atoms. The van der Waals surface area contributed by atoms with Crippen molar-refractivity contribution < 1.29 is 23.3 Å². The van der Waals surface area contributed by atoms with Gasteiger partial charge >= 0.3 is 5.97 Å². The third-order valence-electron chi connectivity index (χ3n) is 9.77. The van der Waals surface area contributed by atoms with Gasteiger partial charge in [0.2, 0.25) is 11.8 Å². The minimum Gasteiger partial charge on any atom is -0.462 e. The summed E-state index contributed by atoms with van der Waals surface area (Å²) in [6.45, 7) is 9.37. The lowest BCUT2D eigenvalue weighted by Gasteiger charge is -2.29.